The molecular weight excluding hydrogens is 304 g/mol. The van der Waals surface area contributed by atoms with E-state index in [2.05, 4.69) is 4.98 Å². The number of sulfone groups is 1. The van der Waals surface area contributed by atoms with Gasteiger partial charge in [0.25, 0.3) is 0 Å². The van der Waals surface area contributed by atoms with Crippen molar-refractivity contribution in [2.45, 2.75) is 18.9 Å². The molecule has 2 heterocycles. The number of aromatic amines is 1. The van der Waals surface area contributed by atoms with Gasteiger partial charge in [0, 0.05) is 5.02 Å². The van der Waals surface area contributed by atoms with Crippen molar-refractivity contribution in [3.05, 3.63) is 28.0 Å². The van der Waals surface area contributed by atoms with Crippen LogP contribution in [0, 0.1) is 4.77 Å². The second-order valence-corrected chi connectivity index (χ2v) is 7.92. The summed E-state index contributed by atoms with van der Waals surface area (Å²) in [5.74, 6) is 0.431. The molecule has 1 atom stereocenters. The third-order valence-electron chi connectivity index (χ3n) is 3.48. The maximum atomic E-state index is 11.8. The topological polar surface area (TPSA) is 54.9 Å². The summed E-state index contributed by atoms with van der Waals surface area (Å²) in [5, 5.41) is 0.619. The molecule has 102 valence electrons. The monoisotopic (exact) mass is 316 g/mol. The van der Waals surface area contributed by atoms with Gasteiger partial charge in [0.1, 0.15) is 0 Å². The molecule has 3 rings (SSSR count). The SMILES string of the molecule is O=S1(=O)CCCC(n2c(=S)[nH]c3ccc(Cl)cc32)C1. The Morgan fingerprint density at radius 2 is 2.21 bits per heavy atom. The smallest absolute Gasteiger partial charge is 0.178 e. The summed E-state index contributed by atoms with van der Waals surface area (Å²) in [6.07, 6.45) is 1.51. The molecule has 1 unspecified atom stereocenters. The highest BCUT2D eigenvalue weighted by atomic mass is 35.5. The molecular formula is C12H13ClN2O2S2. The number of halogens is 1. The third kappa shape index (κ3) is 2.44. The van der Waals surface area contributed by atoms with Gasteiger partial charge in [-0.05, 0) is 43.3 Å². The van der Waals surface area contributed by atoms with Gasteiger partial charge >= 0.3 is 0 Å². The molecule has 0 spiro atoms. The second kappa shape index (κ2) is 4.61. The quantitative estimate of drug-likeness (QED) is 0.822. The maximum absolute atomic E-state index is 11.8. The minimum atomic E-state index is -2.97. The zero-order valence-electron chi connectivity index (χ0n) is 10.1. The van der Waals surface area contributed by atoms with Crippen LogP contribution in [0.4, 0.5) is 0 Å². The summed E-state index contributed by atoms with van der Waals surface area (Å²) in [6.45, 7) is 0. The van der Waals surface area contributed by atoms with Crippen molar-refractivity contribution in [1.29, 1.82) is 0 Å². The Balaban J connectivity index is 2.16. The van der Waals surface area contributed by atoms with E-state index in [4.69, 9.17) is 23.8 Å². The van der Waals surface area contributed by atoms with Crippen molar-refractivity contribution < 1.29 is 8.42 Å². The zero-order valence-corrected chi connectivity index (χ0v) is 12.5. The Morgan fingerprint density at radius 1 is 1.42 bits per heavy atom. The van der Waals surface area contributed by atoms with Gasteiger partial charge in [-0.2, -0.15) is 0 Å². The third-order valence-corrected chi connectivity index (χ3v) is 5.82. The van der Waals surface area contributed by atoms with E-state index in [1.165, 1.54) is 0 Å². The summed E-state index contributed by atoms with van der Waals surface area (Å²) >= 11 is 11.3. The Bertz CT molecular complexity index is 792. The van der Waals surface area contributed by atoms with Crippen LogP contribution in [0.5, 0.6) is 0 Å². The molecule has 19 heavy (non-hydrogen) atoms. The van der Waals surface area contributed by atoms with Gasteiger partial charge in [-0.3, -0.25) is 0 Å². The maximum Gasteiger partial charge on any atom is 0.178 e. The van der Waals surface area contributed by atoms with E-state index in [9.17, 15) is 8.42 Å². The largest absolute Gasteiger partial charge is 0.331 e. The summed E-state index contributed by atoms with van der Waals surface area (Å²) < 4.78 is 26.0. The van der Waals surface area contributed by atoms with Gasteiger partial charge in [-0.25, -0.2) is 8.42 Å². The molecule has 0 radical (unpaired) electrons. The predicted octanol–water partition coefficient (Wildman–Crippen LogP) is 3.10. The van der Waals surface area contributed by atoms with Crippen molar-refractivity contribution in [2.24, 2.45) is 0 Å². The Hall–Kier alpha value is -0.850. The standard InChI is InChI=1S/C12H13ClN2O2S2/c13-8-3-4-10-11(6-8)15(12(18)14-10)9-2-1-5-19(16,17)7-9/h3-4,6,9H,1-2,5,7H2,(H,14,18). The first kappa shape index (κ1) is 13.1. The van der Waals surface area contributed by atoms with Gasteiger partial charge in [0.2, 0.25) is 0 Å². The molecule has 0 saturated carbocycles. The number of hydrogen-bond donors (Lipinski definition) is 1. The average Bonchev–Trinajstić information content (AvgIpc) is 2.63. The number of rotatable bonds is 1. The van der Waals surface area contributed by atoms with Crippen LogP contribution in [0.2, 0.25) is 5.02 Å². The van der Waals surface area contributed by atoms with Gasteiger partial charge < -0.3 is 9.55 Å². The van der Waals surface area contributed by atoms with Gasteiger partial charge in [-0.15, -0.1) is 0 Å². The molecule has 1 aliphatic rings. The lowest BCUT2D eigenvalue weighted by Crippen LogP contribution is -2.27. The van der Waals surface area contributed by atoms with Crippen molar-refractivity contribution >= 4 is 44.7 Å². The summed E-state index contributed by atoms with van der Waals surface area (Å²) in [6, 6.07) is 5.38. The first-order valence-electron chi connectivity index (χ1n) is 6.06. The Kier molecular flexibility index (Phi) is 3.19. The molecule has 1 aromatic carbocycles. The molecule has 4 nitrogen and oxygen atoms in total. The van der Waals surface area contributed by atoms with E-state index < -0.39 is 9.84 Å². The summed E-state index contributed by atoms with van der Waals surface area (Å²) in [4.78, 5) is 3.10. The molecule has 0 amide bonds. The van der Waals surface area contributed by atoms with Crippen molar-refractivity contribution in [3.8, 4) is 0 Å². The van der Waals surface area contributed by atoms with Crippen LogP contribution < -0.4 is 0 Å². The number of nitrogens with one attached hydrogen (secondary N) is 1. The van der Waals surface area contributed by atoms with Gasteiger partial charge in [0.05, 0.1) is 28.6 Å². The number of hydrogen-bond acceptors (Lipinski definition) is 3. The molecule has 0 aliphatic carbocycles. The highest BCUT2D eigenvalue weighted by Gasteiger charge is 2.27. The van der Waals surface area contributed by atoms with E-state index in [1.54, 1.807) is 6.07 Å². The fraction of sp³-hybridized carbons (Fsp3) is 0.417. The molecule has 1 fully saturated rings. The molecule has 1 saturated heterocycles. The van der Waals surface area contributed by atoms with Crippen molar-refractivity contribution in [3.63, 3.8) is 0 Å². The molecule has 2 aromatic rings. The number of fused-ring (bicyclic) bond motifs is 1. The highest BCUT2D eigenvalue weighted by molar-refractivity contribution is 7.91. The minimum absolute atomic E-state index is 0.0986. The fourth-order valence-electron chi connectivity index (χ4n) is 2.66. The van der Waals surface area contributed by atoms with E-state index in [1.807, 2.05) is 16.7 Å². The summed E-state index contributed by atoms with van der Waals surface area (Å²) in [7, 11) is -2.97. The van der Waals surface area contributed by atoms with Crippen molar-refractivity contribution in [2.75, 3.05) is 11.5 Å². The zero-order chi connectivity index (χ0) is 13.6. The van der Waals surface area contributed by atoms with Crippen LogP contribution in [0.25, 0.3) is 11.0 Å². The van der Waals surface area contributed by atoms with Gasteiger partial charge in [0.15, 0.2) is 14.6 Å². The lowest BCUT2D eigenvalue weighted by Gasteiger charge is -2.23. The number of benzene rings is 1. The average molecular weight is 317 g/mol. The summed E-state index contributed by atoms with van der Waals surface area (Å²) in [5.41, 5.74) is 1.76. The predicted molar refractivity (Wildman–Crippen MR) is 79.1 cm³/mol. The lowest BCUT2D eigenvalue weighted by atomic mass is 10.2. The molecule has 1 aromatic heterocycles. The Labute approximate surface area is 121 Å². The van der Waals surface area contributed by atoms with Crippen LogP contribution in [0.1, 0.15) is 18.9 Å². The van der Waals surface area contributed by atoms with Gasteiger partial charge in [-0.1, -0.05) is 11.6 Å². The number of nitrogens with zero attached hydrogens (tertiary/aromatic N) is 1. The first-order chi connectivity index (χ1) is 8.96. The van der Waals surface area contributed by atoms with Crippen LogP contribution in [0.15, 0.2) is 18.2 Å². The molecule has 0 bridgehead atoms. The van der Waals surface area contributed by atoms with Crippen LogP contribution >= 0.6 is 23.8 Å². The number of H-pyrrole nitrogens is 1. The second-order valence-electron chi connectivity index (χ2n) is 4.87. The fourth-order valence-corrected chi connectivity index (χ4v) is 4.86. The van der Waals surface area contributed by atoms with Crippen LogP contribution in [-0.2, 0) is 9.84 Å². The first-order valence-corrected chi connectivity index (χ1v) is 8.67. The lowest BCUT2D eigenvalue weighted by molar-refractivity contribution is 0.475. The molecule has 1 aliphatic heterocycles. The minimum Gasteiger partial charge on any atom is -0.331 e. The Morgan fingerprint density at radius 3 is 2.95 bits per heavy atom. The normalized spacial score (nSPS) is 22.7. The van der Waals surface area contributed by atoms with E-state index in [0.717, 1.165) is 17.5 Å². The van der Waals surface area contributed by atoms with E-state index >= 15 is 0 Å². The van der Waals surface area contributed by atoms with Crippen molar-refractivity contribution in [1.82, 2.24) is 9.55 Å². The molecule has 7 heteroatoms. The van der Waals surface area contributed by atoms with E-state index in [0.29, 0.717) is 16.2 Å². The number of imidazole rings is 1. The van der Waals surface area contributed by atoms with E-state index in [-0.39, 0.29) is 17.5 Å². The number of aromatic nitrogens is 2. The van der Waals surface area contributed by atoms with Crippen LogP contribution in [-0.4, -0.2) is 29.5 Å². The molecule has 1 N–H and O–H groups in total. The van der Waals surface area contributed by atoms with Crippen LogP contribution in [0.3, 0.4) is 0 Å². The highest BCUT2D eigenvalue weighted by Crippen LogP contribution is 2.29.